The topological polar surface area (TPSA) is 54.3 Å². The maximum atomic E-state index is 14.1. The van der Waals surface area contributed by atoms with E-state index < -0.39 is 17.6 Å². The number of hydrogen-bond acceptors (Lipinski definition) is 4. The molecule has 3 heterocycles. The zero-order chi connectivity index (χ0) is 24.7. The summed E-state index contributed by atoms with van der Waals surface area (Å²) in [5.41, 5.74) is 1.51. The highest BCUT2D eigenvalue weighted by Crippen LogP contribution is 2.41. The van der Waals surface area contributed by atoms with Gasteiger partial charge in [0.2, 0.25) is 0 Å². The lowest BCUT2D eigenvalue weighted by Gasteiger charge is -2.33. The standard InChI is InChI=1S/C26H28F3N5O/c1-17(33-9-4-3-5-10-33)19-13-21-22(23(14-19)26(27,28)29)15-34(25(21)35)20-8-6-7-18(11-20)12-24-31-30-16-32(24)2/h6-8,11,13-14,16-17H,3-5,9-10,12,15H2,1-2H3. The Labute approximate surface area is 202 Å². The summed E-state index contributed by atoms with van der Waals surface area (Å²) in [4.78, 5) is 17.1. The molecule has 1 saturated heterocycles. The molecule has 0 saturated carbocycles. The third-order valence-corrected chi connectivity index (χ3v) is 7.18. The maximum Gasteiger partial charge on any atom is 0.416 e. The van der Waals surface area contributed by atoms with Gasteiger partial charge in [-0.15, -0.1) is 10.2 Å². The quantitative estimate of drug-likeness (QED) is 0.505. The minimum atomic E-state index is -4.54. The van der Waals surface area contributed by atoms with Gasteiger partial charge in [0.05, 0.1) is 12.1 Å². The van der Waals surface area contributed by atoms with Crippen LogP contribution >= 0.6 is 0 Å². The Hall–Kier alpha value is -3.20. The van der Waals surface area contributed by atoms with Crippen LogP contribution in [0.2, 0.25) is 0 Å². The molecule has 2 aromatic carbocycles. The summed E-state index contributed by atoms with van der Waals surface area (Å²) in [6.07, 6.45) is 0.804. The molecule has 6 nitrogen and oxygen atoms in total. The zero-order valence-electron chi connectivity index (χ0n) is 19.8. The average Bonchev–Trinajstić information content (AvgIpc) is 3.40. The number of aryl methyl sites for hydroxylation is 1. The number of carbonyl (C=O) groups is 1. The molecule has 2 aliphatic heterocycles. The average molecular weight is 484 g/mol. The van der Waals surface area contributed by atoms with Crippen molar-refractivity contribution in [2.24, 2.45) is 7.05 Å². The predicted molar refractivity (Wildman–Crippen MR) is 126 cm³/mol. The molecule has 0 N–H and O–H groups in total. The van der Waals surface area contributed by atoms with Crippen molar-refractivity contribution in [3.63, 3.8) is 0 Å². The Kier molecular flexibility index (Phi) is 6.13. The van der Waals surface area contributed by atoms with Gasteiger partial charge in [-0.25, -0.2) is 0 Å². The number of piperidine rings is 1. The van der Waals surface area contributed by atoms with Crippen LogP contribution < -0.4 is 4.90 Å². The zero-order valence-corrected chi connectivity index (χ0v) is 19.8. The second-order valence-electron chi connectivity index (χ2n) is 9.46. The maximum absolute atomic E-state index is 14.1. The number of nitrogens with zero attached hydrogens (tertiary/aromatic N) is 5. The fraction of sp³-hybridized carbons (Fsp3) is 0.423. The summed E-state index contributed by atoms with van der Waals surface area (Å²) >= 11 is 0. The molecule has 0 radical (unpaired) electrons. The molecule has 5 rings (SSSR count). The Bertz CT molecular complexity index is 1250. The van der Waals surface area contributed by atoms with Crippen LogP contribution in [-0.2, 0) is 26.2 Å². The van der Waals surface area contributed by atoms with E-state index in [4.69, 9.17) is 0 Å². The molecule has 1 aromatic heterocycles. The van der Waals surface area contributed by atoms with Gasteiger partial charge in [-0.2, -0.15) is 13.2 Å². The van der Waals surface area contributed by atoms with Gasteiger partial charge < -0.3 is 9.47 Å². The minimum absolute atomic E-state index is 0.0517. The molecular formula is C26H28F3N5O. The van der Waals surface area contributed by atoms with Crippen LogP contribution in [0, 0.1) is 0 Å². The molecule has 1 fully saturated rings. The van der Waals surface area contributed by atoms with Crippen LogP contribution in [0.1, 0.15) is 70.7 Å². The van der Waals surface area contributed by atoms with Gasteiger partial charge in [-0.05, 0) is 73.8 Å². The summed E-state index contributed by atoms with van der Waals surface area (Å²) in [5, 5.41) is 7.98. The molecule has 1 unspecified atom stereocenters. The molecule has 1 amide bonds. The number of anilines is 1. The largest absolute Gasteiger partial charge is 0.416 e. The van der Waals surface area contributed by atoms with Crippen molar-refractivity contribution in [3.05, 3.63) is 76.4 Å². The van der Waals surface area contributed by atoms with Crippen molar-refractivity contribution in [3.8, 4) is 0 Å². The van der Waals surface area contributed by atoms with E-state index in [9.17, 15) is 18.0 Å². The van der Waals surface area contributed by atoms with Gasteiger partial charge >= 0.3 is 6.18 Å². The monoisotopic (exact) mass is 483 g/mol. The number of benzene rings is 2. The summed E-state index contributed by atoms with van der Waals surface area (Å²) in [7, 11) is 1.85. The first-order chi connectivity index (χ1) is 16.7. The SMILES string of the molecule is CC(c1cc2c(c(C(F)(F)F)c1)CN(c1cccc(Cc3nncn3C)c1)C2=O)N1CCCCC1. The molecule has 184 valence electrons. The first-order valence-corrected chi connectivity index (χ1v) is 11.9. The molecule has 2 aliphatic rings. The van der Waals surface area contributed by atoms with E-state index in [1.165, 1.54) is 11.0 Å². The number of fused-ring (bicyclic) bond motifs is 1. The molecule has 1 atom stereocenters. The van der Waals surface area contributed by atoms with Crippen LogP contribution in [0.3, 0.4) is 0 Å². The van der Waals surface area contributed by atoms with Crippen LogP contribution in [0.15, 0.2) is 42.7 Å². The number of amides is 1. The summed E-state index contributed by atoms with van der Waals surface area (Å²) in [6.45, 7) is 3.55. The third kappa shape index (κ3) is 4.57. The summed E-state index contributed by atoms with van der Waals surface area (Å²) < 4.78 is 44.2. The van der Waals surface area contributed by atoms with Crippen molar-refractivity contribution in [2.45, 2.75) is 51.4 Å². The molecular weight excluding hydrogens is 455 g/mol. The Morgan fingerprint density at radius 2 is 1.86 bits per heavy atom. The number of alkyl halides is 3. The van der Waals surface area contributed by atoms with E-state index in [0.717, 1.165) is 43.7 Å². The second-order valence-corrected chi connectivity index (χ2v) is 9.46. The lowest BCUT2D eigenvalue weighted by atomic mass is 9.94. The van der Waals surface area contributed by atoms with E-state index in [1.54, 1.807) is 18.5 Å². The smallest absolute Gasteiger partial charge is 0.320 e. The van der Waals surface area contributed by atoms with Gasteiger partial charge in [0.1, 0.15) is 12.2 Å². The van der Waals surface area contributed by atoms with E-state index in [-0.39, 0.29) is 23.7 Å². The van der Waals surface area contributed by atoms with Crippen molar-refractivity contribution in [2.75, 3.05) is 18.0 Å². The number of aromatic nitrogens is 3. The highest BCUT2D eigenvalue weighted by Gasteiger charge is 2.41. The molecule has 0 aliphatic carbocycles. The van der Waals surface area contributed by atoms with Crippen LogP contribution in [-0.4, -0.2) is 38.7 Å². The first-order valence-electron chi connectivity index (χ1n) is 11.9. The minimum Gasteiger partial charge on any atom is -0.320 e. The van der Waals surface area contributed by atoms with Gasteiger partial charge in [-0.1, -0.05) is 18.6 Å². The molecule has 0 bridgehead atoms. The lowest BCUT2D eigenvalue weighted by molar-refractivity contribution is -0.138. The van der Waals surface area contributed by atoms with Crippen molar-refractivity contribution >= 4 is 11.6 Å². The van der Waals surface area contributed by atoms with Crippen molar-refractivity contribution in [1.29, 1.82) is 0 Å². The third-order valence-electron chi connectivity index (χ3n) is 7.18. The molecule has 35 heavy (non-hydrogen) atoms. The Morgan fingerprint density at radius 3 is 2.54 bits per heavy atom. The van der Waals surface area contributed by atoms with Crippen molar-refractivity contribution < 1.29 is 18.0 Å². The van der Waals surface area contributed by atoms with Crippen LogP contribution in [0.25, 0.3) is 0 Å². The number of rotatable bonds is 5. The van der Waals surface area contributed by atoms with E-state index >= 15 is 0 Å². The number of carbonyl (C=O) groups excluding carboxylic acids is 1. The molecule has 3 aromatic rings. The number of likely N-dealkylation sites (tertiary alicyclic amines) is 1. The van der Waals surface area contributed by atoms with Crippen molar-refractivity contribution in [1.82, 2.24) is 19.7 Å². The van der Waals surface area contributed by atoms with Gasteiger partial charge in [0, 0.05) is 30.8 Å². The summed E-state index contributed by atoms with van der Waals surface area (Å²) in [5.74, 6) is 0.364. The van der Waals surface area contributed by atoms with Gasteiger partial charge in [-0.3, -0.25) is 9.69 Å². The van der Waals surface area contributed by atoms with E-state index in [1.807, 2.05) is 36.7 Å². The fourth-order valence-electron chi connectivity index (χ4n) is 5.13. The number of hydrogen-bond donors (Lipinski definition) is 0. The van der Waals surface area contributed by atoms with Gasteiger partial charge in [0.25, 0.3) is 5.91 Å². The van der Waals surface area contributed by atoms with E-state index in [0.29, 0.717) is 17.7 Å². The highest BCUT2D eigenvalue weighted by atomic mass is 19.4. The fourth-order valence-corrected chi connectivity index (χ4v) is 5.13. The first kappa shape index (κ1) is 23.5. The second kappa shape index (κ2) is 9.11. The predicted octanol–water partition coefficient (Wildman–Crippen LogP) is 5.13. The summed E-state index contributed by atoms with van der Waals surface area (Å²) in [6, 6.07) is 10.1. The Balaban J connectivity index is 1.48. The van der Waals surface area contributed by atoms with Gasteiger partial charge in [0.15, 0.2) is 0 Å². The molecule has 9 heteroatoms. The van der Waals surface area contributed by atoms with Crippen LogP contribution in [0.5, 0.6) is 0 Å². The molecule has 0 spiro atoms. The van der Waals surface area contributed by atoms with E-state index in [2.05, 4.69) is 15.1 Å². The lowest BCUT2D eigenvalue weighted by Crippen LogP contribution is -2.32. The normalized spacial score (nSPS) is 17.6. The number of halogens is 3. The van der Waals surface area contributed by atoms with Crippen LogP contribution in [0.4, 0.5) is 18.9 Å². The Morgan fingerprint density at radius 1 is 1.09 bits per heavy atom. The highest BCUT2D eigenvalue weighted by molar-refractivity contribution is 6.10.